The third-order valence-corrected chi connectivity index (χ3v) is 6.40. The van der Waals surface area contributed by atoms with E-state index in [1.807, 2.05) is 36.4 Å². The molecule has 5 nitrogen and oxygen atoms in total. The minimum absolute atomic E-state index is 0.169. The number of ether oxygens (including phenoxy) is 2. The van der Waals surface area contributed by atoms with Crippen LogP contribution in [0.1, 0.15) is 37.2 Å². The van der Waals surface area contributed by atoms with Crippen LogP contribution in [-0.2, 0) is 4.74 Å². The summed E-state index contributed by atoms with van der Waals surface area (Å²) in [5.74, 6) is 1.26. The molecule has 2 aliphatic rings. The lowest BCUT2D eigenvalue weighted by molar-refractivity contribution is -0.0766. The van der Waals surface area contributed by atoms with Gasteiger partial charge in [-0.05, 0) is 49.3 Å². The molecule has 0 amide bonds. The highest BCUT2D eigenvalue weighted by Crippen LogP contribution is 2.38. The zero-order chi connectivity index (χ0) is 20.9. The maximum atomic E-state index is 11.3. The van der Waals surface area contributed by atoms with Crippen molar-refractivity contribution in [3.8, 4) is 5.75 Å². The second-order valence-corrected chi connectivity index (χ2v) is 9.00. The van der Waals surface area contributed by atoms with E-state index < -0.39 is 11.2 Å². The van der Waals surface area contributed by atoms with E-state index >= 15 is 0 Å². The van der Waals surface area contributed by atoms with Crippen LogP contribution < -0.4 is 4.74 Å². The molecule has 2 aromatic carbocycles. The minimum atomic E-state index is -1.09. The predicted octanol–water partition coefficient (Wildman–Crippen LogP) is 3.22. The van der Waals surface area contributed by atoms with Crippen molar-refractivity contribution in [1.29, 1.82) is 0 Å². The first-order valence-electron chi connectivity index (χ1n) is 11.0. The molecule has 0 aromatic heterocycles. The van der Waals surface area contributed by atoms with Crippen molar-refractivity contribution in [2.75, 3.05) is 39.5 Å². The maximum absolute atomic E-state index is 11.3. The summed E-state index contributed by atoms with van der Waals surface area (Å²) in [6.07, 6.45) is 3.55. The smallest absolute Gasteiger partial charge is 0.134 e. The summed E-state index contributed by atoms with van der Waals surface area (Å²) in [6.45, 7) is 2.66. The first kappa shape index (κ1) is 21.3. The molecule has 0 spiro atoms. The number of β-amino-alcohol motifs (C(OH)–C–C–N with tert-alkyl or cyclic N) is 2. The first-order valence-corrected chi connectivity index (χ1v) is 11.0. The topological polar surface area (TPSA) is 62.2 Å². The van der Waals surface area contributed by atoms with Gasteiger partial charge < -0.3 is 19.7 Å². The van der Waals surface area contributed by atoms with Gasteiger partial charge in [0.05, 0.1) is 18.8 Å². The van der Waals surface area contributed by atoms with Crippen LogP contribution in [0, 0.1) is 0 Å². The van der Waals surface area contributed by atoms with E-state index in [0.717, 1.165) is 31.4 Å². The van der Waals surface area contributed by atoms with Crippen LogP contribution in [0.5, 0.6) is 5.75 Å². The van der Waals surface area contributed by atoms with Crippen molar-refractivity contribution in [3.05, 3.63) is 66.2 Å². The minimum Gasteiger partial charge on any atom is -0.490 e. The van der Waals surface area contributed by atoms with E-state index in [4.69, 9.17) is 9.47 Å². The largest absolute Gasteiger partial charge is 0.490 e. The fourth-order valence-electron chi connectivity index (χ4n) is 4.74. The molecule has 2 aromatic rings. The standard InChI is InChI=1S/C25H33NO4/c27-24(13-11-22(12-14-24)21-7-3-1-4-8-21)17-26-15-16-29-19-25(28,18-26)20-30-23-9-5-2-6-10-23/h1-10,22,27-28H,11-20H2. The molecule has 30 heavy (non-hydrogen) atoms. The maximum Gasteiger partial charge on any atom is 0.134 e. The Morgan fingerprint density at radius 3 is 2.30 bits per heavy atom. The lowest BCUT2D eigenvalue weighted by atomic mass is 9.76. The van der Waals surface area contributed by atoms with Crippen LogP contribution >= 0.6 is 0 Å². The summed E-state index contributed by atoms with van der Waals surface area (Å²) in [7, 11) is 0. The fourth-order valence-corrected chi connectivity index (χ4v) is 4.74. The Morgan fingerprint density at radius 2 is 1.60 bits per heavy atom. The summed E-state index contributed by atoms with van der Waals surface area (Å²) in [6, 6.07) is 20.1. The molecule has 5 heteroatoms. The van der Waals surface area contributed by atoms with Crippen molar-refractivity contribution in [2.45, 2.75) is 42.8 Å². The second kappa shape index (κ2) is 9.48. The average Bonchev–Trinajstić information content (AvgIpc) is 2.95. The molecule has 1 atom stereocenters. The highest BCUT2D eigenvalue weighted by atomic mass is 16.5. The van der Waals surface area contributed by atoms with Crippen molar-refractivity contribution in [3.63, 3.8) is 0 Å². The number of aliphatic hydroxyl groups is 2. The molecule has 2 fully saturated rings. The summed E-state index contributed by atoms with van der Waals surface area (Å²) >= 11 is 0. The molecule has 4 rings (SSSR count). The lowest BCUT2D eigenvalue weighted by Crippen LogP contribution is -2.53. The lowest BCUT2D eigenvalue weighted by Gasteiger charge is -2.40. The number of rotatable bonds is 6. The van der Waals surface area contributed by atoms with E-state index in [9.17, 15) is 10.2 Å². The van der Waals surface area contributed by atoms with Crippen molar-refractivity contribution in [2.24, 2.45) is 0 Å². The second-order valence-electron chi connectivity index (χ2n) is 9.00. The van der Waals surface area contributed by atoms with Crippen LogP contribution in [0.15, 0.2) is 60.7 Å². The Balaban J connectivity index is 1.33. The van der Waals surface area contributed by atoms with Crippen LogP contribution in [0.3, 0.4) is 0 Å². The van der Waals surface area contributed by atoms with Gasteiger partial charge in [-0.1, -0.05) is 48.5 Å². The van der Waals surface area contributed by atoms with Crippen LogP contribution in [0.4, 0.5) is 0 Å². The van der Waals surface area contributed by atoms with Crippen molar-refractivity contribution in [1.82, 2.24) is 4.90 Å². The molecule has 1 aliphatic carbocycles. The van der Waals surface area contributed by atoms with Gasteiger partial charge in [0.25, 0.3) is 0 Å². The van der Waals surface area contributed by atoms with Gasteiger partial charge in [-0.3, -0.25) is 4.90 Å². The number of para-hydroxylation sites is 1. The Kier molecular flexibility index (Phi) is 6.74. The normalized spacial score (nSPS) is 30.5. The summed E-state index contributed by atoms with van der Waals surface area (Å²) in [4.78, 5) is 2.14. The zero-order valence-electron chi connectivity index (χ0n) is 17.6. The van der Waals surface area contributed by atoms with E-state index in [1.54, 1.807) is 0 Å². The van der Waals surface area contributed by atoms with Gasteiger partial charge in [0.1, 0.15) is 18.0 Å². The molecule has 1 saturated heterocycles. The number of hydrogen-bond acceptors (Lipinski definition) is 5. The van der Waals surface area contributed by atoms with Crippen LogP contribution in [0.25, 0.3) is 0 Å². The molecule has 1 heterocycles. The molecular formula is C25H33NO4. The number of hydrogen-bond donors (Lipinski definition) is 2. The third kappa shape index (κ3) is 5.61. The quantitative estimate of drug-likeness (QED) is 0.764. The highest BCUT2D eigenvalue weighted by molar-refractivity contribution is 5.21. The van der Waals surface area contributed by atoms with Crippen LogP contribution in [0.2, 0.25) is 0 Å². The van der Waals surface area contributed by atoms with Crippen molar-refractivity contribution < 1.29 is 19.7 Å². The fraction of sp³-hybridized carbons (Fsp3) is 0.520. The Hall–Kier alpha value is -1.92. The van der Waals surface area contributed by atoms with Gasteiger partial charge in [0, 0.05) is 19.6 Å². The zero-order valence-corrected chi connectivity index (χ0v) is 17.6. The molecule has 162 valence electrons. The predicted molar refractivity (Wildman–Crippen MR) is 117 cm³/mol. The summed E-state index contributed by atoms with van der Waals surface area (Å²) < 4.78 is 11.5. The first-order chi connectivity index (χ1) is 14.5. The van der Waals surface area contributed by atoms with E-state index in [-0.39, 0.29) is 13.2 Å². The van der Waals surface area contributed by atoms with Crippen LogP contribution in [-0.4, -0.2) is 65.8 Å². The number of nitrogens with zero attached hydrogens (tertiary/aromatic N) is 1. The molecule has 1 aliphatic heterocycles. The van der Waals surface area contributed by atoms with Crippen molar-refractivity contribution >= 4 is 0 Å². The SMILES string of the molecule is OC1(CN2CCOCC(O)(COc3ccccc3)C2)CCC(c2ccccc2)CC1. The number of benzene rings is 2. The Morgan fingerprint density at radius 1 is 0.933 bits per heavy atom. The average molecular weight is 412 g/mol. The van der Waals surface area contributed by atoms with E-state index in [0.29, 0.717) is 32.2 Å². The molecule has 0 bridgehead atoms. The summed E-state index contributed by atoms with van der Waals surface area (Å²) in [5, 5.41) is 22.4. The van der Waals surface area contributed by atoms with Gasteiger partial charge in [-0.2, -0.15) is 0 Å². The third-order valence-electron chi connectivity index (χ3n) is 6.40. The molecular weight excluding hydrogens is 378 g/mol. The van der Waals surface area contributed by atoms with Gasteiger partial charge in [-0.15, -0.1) is 0 Å². The van der Waals surface area contributed by atoms with Gasteiger partial charge >= 0.3 is 0 Å². The molecule has 0 radical (unpaired) electrons. The monoisotopic (exact) mass is 411 g/mol. The van der Waals surface area contributed by atoms with E-state index in [2.05, 4.69) is 29.2 Å². The molecule has 1 unspecified atom stereocenters. The van der Waals surface area contributed by atoms with Gasteiger partial charge in [-0.25, -0.2) is 0 Å². The molecule has 2 N–H and O–H groups in total. The van der Waals surface area contributed by atoms with Gasteiger partial charge in [0.2, 0.25) is 0 Å². The highest BCUT2D eigenvalue weighted by Gasteiger charge is 2.39. The molecule has 1 saturated carbocycles. The van der Waals surface area contributed by atoms with E-state index in [1.165, 1.54) is 5.56 Å². The van der Waals surface area contributed by atoms with Gasteiger partial charge in [0.15, 0.2) is 0 Å². The Bertz CT molecular complexity index is 776. The Labute approximate surface area is 179 Å². The summed E-state index contributed by atoms with van der Waals surface area (Å²) in [5.41, 5.74) is -0.434.